The molecule has 63 heavy (non-hydrogen) atoms. The Labute approximate surface area is 366 Å². The zero-order valence-corrected chi connectivity index (χ0v) is 34.4. The van der Waals surface area contributed by atoms with Crippen LogP contribution in [0.4, 0.5) is 17.1 Å². The Balaban J connectivity index is 0.988. The second kappa shape index (κ2) is 15.3. The number of rotatable bonds is 8. The smallest absolute Gasteiger partial charge is 0.135 e. The van der Waals surface area contributed by atoms with Gasteiger partial charge in [-0.25, -0.2) is 0 Å². The molecule has 0 radical (unpaired) electrons. The van der Waals surface area contributed by atoms with Gasteiger partial charge in [0, 0.05) is 44.2 Å². The number of fused-ring (bicyclic) bond motifs is 6. The van der Waals surface area contributed by atoms with Gasteiger partial charge >= 0.3 is 0 Å². The SMILES string of the molecule is c1ccc(-c2ccc(N(c3ccc(-c4ccccc4-n4c5ccc(-c6ccccc6)cc5c5cc(-c6ccccc6)ccc54)cc3)c3ccc4oc5ccccc5c4c3)cc2)cc1. The average molecular weight is 805 g/mol. The van der Waals surface area contributed by atoms with E-state index in [4.69, 9.17) is 4.42 Å². The van der Waals surface area contributed by atoms with Gasteiger partial charge in [0.1, 0.15) is 11.2 Å². The van der Waals surface area contributed by atoms with E-state index in [1.807, 2.05) is 12.1 Å². The van der Waals surface area contributed by atoms with Crippen LogP contribution in [0.15, 0.2) is 247 Å². The van der Waals surface area contributed by atoms with E-state index in [9.17, 15) is 0 Å². The van der Waals surface area contributed by atoms with E-state index in [0.29, 0.717) is 0 Å². The number of benzene rings is 10. The van der Waals surface area contributed by atoms with Crippen molar-refractivity contribution in [1.29, 1.82) is 0 Å². The van der Waals surface area contributed by atoms with E-state index < -0.39 is 0 Å². The molecule has 2 heterocycles. The van der Waals surface area contributed by atoms with Gasteiger partial charge in [0.15, 0.2) is 0 Å². The largest absolute Gasteiger partial charge is 0.456 e. The second-order valence-electron chi connectivity index (χ2n) is 16.1. The Bertz CT molecular complexity index is 3490. The van der Waals surface area contributed by atoms with Gasteiger partial charge in [0.2, 0.25) is 0 Å². The van der Waals surface area contributed by atoms with Crippen LogP contribution in [0.1, 0.15) is 0 Å². The van der Waals surface area contributed by atoms with Crippen molar-refractivity contribution in [2.45, 2.75) is 0 Å². The molecule has 0 saturated carbocycles. The predicted octanol–water partition coefficient (Wildman–Crippen LogP) is 16.8. The average Bonchev–Trinajstić information content (AvgIpc) is 3.90. The van der Waals surface area contributed by atoms with Gasteiger partial charge in [0.25, 0.3) is 0 Å². The fourth-order valence-corrected chi connectivity index (χ4v) is 9.34. The standard InChI is InChI=1S/C60H40N2O/c1-4-14-41(15-5-1)44-24-30-48(31-25-44)61(50-34-37-60-55(40-50)52-21-11-13-23-59(52)63-60)49-32-26-45(27-33-49)51-20-10-12-22-56(51)62-57-35-28-46(42-16-6-2-7-17-42)38-53(57)54-39-47(29-36-58(54)62)43-18-8-3-9-19-43/h1-40H. The molecular formula is C60H40N2O. The number of hydrogen-bond donors (Lipinski definition) is 0. The molecule has 2 aromatic heterocycles. The van der Waals surface area contributed by atoms with Crippen molar-refractivity contribution in [3.8, 4) is 50.2 Å². The first kappa shape index (κ1) is 36.5. The van der Waals surface area contributed by atoms with Crippen LogP contribution in [0, 0.1) is 0 Å². The van der Waals surface area contributed by atoms with Gasteiger partial charge in [-0.05, 0) is 118 Å². The lowest BCUT2D eigenvalue weighted by atomic mass is 10.0. The van der Waals surface area contributed by atoms with E-state index in [-0.39, 0.29) is 0 Å². The monoisotopic (exact) mass is 804 g/mol. The summed E-state index contributed by atoms with van der Waals surface area (Å²) in [4.78, 5) is 2.34. The molecule has 296 valence electrons. The van der Waals surface area contributed by atoms with Gasteiger partial charge in [-0.2, -0.15) is 0 Å². The highest BCUT2D eigenvalue weighted by atomic mass is 16.3. The molecule has 10 aromatic carbocycles. The van der Waals surface area contributed by atoms with E-state index in [0.717, 1.165) is 55.8 Å². The van der Waals surface area contributed by atoms with Gasteiger partial charge in [-0.1, -0.05) is 164 Å². The van der Waals surface area contributed by atoms with Crippen molar-refractivity contribution in [3.05, 3.63) is 243 Å². The number of furan rings is 1. The van der Waals surface area contributed by atoms with Crippen LogP contribution in [0.25, 0.3) is 93.9 Å². The summed E-state index contributed by atoms with van der Waals surface area (Å²) in [5.41, 5.74) is 17.9. The summed E-state index contributed by atoms with van der Waals surface area (Å²) in [5, 5.41) is 4.66. The highest BCUT2D eigenvalue weighted by Crippen LogP contribution is 2.42. The third-order valence-electron chi connectivity index (χ3n) is 12.4. The van der Waals surface area contributed by atoms with Gasteiger partial charge in [-0.3, -0.25) is 0 Å². The Morgan fingerprint density at radius 3 is 1.33 bits per heavy atom. The molecule has 3 nitrogen and oxygen atoms in total. The van der Waals surface area contributed by atoms with Crippen LogP contribution in [-0.4, -0.2) is 4.57 Å². The minimum atomic E-state index is 0.879. The van der Waals surface area contributed by atoms with E-state index in [1.54, 1.807) is 0 Å². The molecule has 3 heteroatoms. The number of aromatic nitrogens is 1. The van der Waals surface area contributed by atoms with Crippen LogP contribution in [-0.2, 0) is 0 Å². The molecule has 0 aliphatic carbocycles. The van der Waals surface area contributed by atoms with Crippen LogP contribution in [0.2, 0.25) is 0 Å². The van der Waals surface area contributed by atoms with Crippen molar-refractivity contribution in [2.75, 3.05) is 4.90 Å². The lowest BCUT2D eigenvalue weighted by Gasteiger charge is -2.26. The second-order valence-corrected chi connectivity index (χ2v) is 16.1. The first-order valence-electron chi connectivity index (χ1n) is 21.5. The third-order valence-corrected chi connectivity index (χ3v) is 12.4. The molecule has 0 fully saturated rings. The molecule has 12 rings (SSSR count). The summed E-state index contributed by atoms with van der Waals surface area (Å²) < 4.78 is 8.70. The molecule has 0 amide bonds. The maximum absolute atomic E-state index is 6.25. The first-order valence-corrected chi connectivity index (χ1v) is 21.5. The predicted molar refractivity (Wildman–Crippen MR) is 264 cm³/mol. The van der Waals surface area contributed by atoms with Crippen molar-refractivity contribution in [1.82, 2.24) is 4.57 Å². The normalized spacial score (nSPS) is 11.5. The highest BCUT2D eigenvalue weighted by molar-refractivity contribution is 6.12. The molecule has 0 spiro atoms. The Kier molecular flexibility index (Phi) is 8.83. The van der Waals surface area contributed by atoms with Crippen LogP contribution in [0.5, 0.6) is 0 Å². The van der Waals surface area contributed by atoms with Gasteiger partial charge in [0.05, 0.1) is 16.7 Å². The molecule has 0 saturated heterocycles. The van der Waals surface area contributed by atoms with Crippen LogP contribution < -0.4 is 4.90 Å². The Morgan fingerprint density at radius 1 is 0.286 bits per heavy atom. The van der Waals surface area contributed by atoms with Crippen LogP contribution in [0.3, 0.4) is 0 Å². The quantitative estimate of drug-likeness (QED) is 0.153. The molecule has 0 N–H and O–H groups in total. The fourth-order valence-electron chi connectivity index (χ4n) is 9.34. The lowest BCUT2D eigenvalue weighted by Crippen LogP contribution is -2.09. The van der Waals surface area contributed by atoms with Gasteiger partial charge < -0.3 is 13.9 Å². The minimum absolute atomic E-state index is 0.879. The third kappa shape index (κ3) is 6.46. The fraction of sp³-hybridized carbons (Fsp3) is 0. The maximum Gasteiger partial charge on any atom is 0.135 e. The highest BCUT2D eigenvalue weighted by Gasteiger charge is 2.19. The molecule has 12 aromatic rings. The van der Waals surface area contributed by atoms with E-state index in [1.165, 1.54) is 55.2 Å². The molecule has 0 bridgehead atoms. The number of nitrogens with zero attached hydrogens (tertiary/aromatic N) is 2. The summed E-state index contributed by atoms with van der Waals surface area (Å²) in [7, 11) is 0. The maximum atomic E-state index is 6.25. The summed E-state index contributed by atoms with van der Waals surface area (Å²) in [6.07, 6.45) is 0. The molecule has 0 unspecified atom stereocenters. The summed E-state index contributed by atoms with van der Waals surface area (Å²) >= 11 is 0. The zero-order chi connectivity index (χ0) is 41.7. The molecular weight excluding hydrogens is 765 g/mol. The molecule has 0 aliphatic heterocycles. The summed E-state index contributed by atoms with van der Waals surface area (Å²) in [6, 6.07) is 87.2. The topological polar surface area (TPSA) is 21.3 Å². The first-order chi connectivity index (χ1) is 31.2. The Morgan fingerprint density at radius 2 is 0.730 bits per heavy atom. The van der Waals surface area contributed by atoms with Crippen molar-refractivity contribution >= 4 is 60.8 Å². The summed E-state index contributed by atoms with van der Waals surface area (Å²) in [5.74, 6) is 0. The van der Waals surface area contributed by atoms with Crippen molar-refractivity contribution in [2.24, 2.45) is 0 Å². The van der Waals surface area contributed by atoms with E-state index >= 15 is 0 Å². The zero-order valence-electron chi connectivity index (χ0n) is 34.4. The number of hydrogen-bond acceptors (Lipinski definition) is 2. The van der Waals surface area contributed by atoms with Gasteiger partial charge in [-0.15, -0.1) is 0 Å². The van der Waals surface area contributed by atoms with Crippen molar-refractivity contribution < 1.29 is 4.42 Å². The molecule has 0 atom stereocenters. The number of para-hydroxylation sites is 2. The lowest BCUT2D eigenvalue weighted by molar-refractivity contribution is 0.669. The number of anilines is 3. The Hall–Kier alpha value is -8.40. The minimum Gasteiger partial charge on any atom is -0.456 e. The van der Waals surface area contributed by atoms with Crippen LogP contribution >= 0.6 is 0 Å². The van der Waals surface area contributed by atoms with E-state index in [2.05, 4.69) is 240 Å². The molecule has 0 aliphatic rings. The summed E-state index contributed by atoms with van der Waals surface area (Å²) in [6.45, 7) is 0. The van der Waals surface area contributed by atoms with Crippen molar-refractivity contribution in [3.63, 3.8) is 0 Å².